The highest BCUT2D eigenvalue weighted by molar-refractivity contribution is 5.45. The second-order valence-electron chi connectivity index (χ2n) is 5.93. The monoisotopic (exact) mass is 297 g/mol. The molecule has 0 heterocycles. The minimum absolute atomic E-state index is 0.0164. The zero-order valence-electron chi connectivity index (χ0n) is 13.2. The lowest BCUT2D eigenvalue weighted by molar-refractivity contribution is 0.531. The zero-order valence-corrected chi connectivity index (χ0v) is 13.2. The van der Waals surface area contributed by atoms with Gasteiger partial charge in [-0.05, 0) is 23.6 Å². The maximum atomic E-state index is 10.1. The minimum atomic E-state index is -0.635. The van der Waals surface area contributed by atoms with Crippen LogP contribution in [0.2, 0.25) is 0 Å². The molecule has 3 rings (SSSR count). The summed E-state index contributed by atoms with van der Waals surface area (Å²) < 4.78 is 0. The van der Waals surface area contributed by atoms with Gasteiger partial charge in [-0.3, -0.25) is 0 Å². The Labute approximate surface area is 137 Å². The van der Waals surface area contributed by atoms with Gasteiger partial charge in [0.05, 0.1) is 11.5 Å². The highest BCUT2D eigenvalue weighted by atomic mass is 14.4. The van der Waals surface area contributed by atoms with E-state index in [2.05, 4.69) is 30.3 Å². The van der Waals surface area contributed by atoms with Gasteiger partial charge in [-0.1, -0.05) is 91.0 Å². The van der Waals surface area contributed by atoms with Crippen molar-refractivity contribution in [3.63, 3.8) is 0 Å². The fraction of sp³-hybridized carbons (Fsp3) is 0.136. The van der Waals surface area contributed by atoms with Crippen molar-refractivity contribution in [2.75, 3.05) is 0 Å². The van der Waals surface area contributed by atoms with Crippen LogP contribution >= 0.6 is 0 Å². The predicted octanol–water partition coefficient (Wildman–Crippen LogP) is 5.30. The van der Waals surface area contributed by atoms with Gasteiger partial charge in [0.1, 0.15) is 0 Å². The van der Waals surface area contributed by atoms with Crippen LogP contribution in [-0.2, 0) is 5.41 Å². The number of hydrogen-bond acceptors (Lipinski definition) is 1. The van der Waals surface area contributed by atoms with E-state index < -0.39 is 5.41 Å². The third kappa shape index (κ3) is 2.89. The average Bonchev–Trinajstić information content (AvgIpc) is 2.64. The molecular weight excluding hydrogens is 278 g/mol. The molecule has 1 atom stereocenters. The fourth-order valence-corrected chi connectivity index (χ4v) is 3.23. The Kier molecular flexibility index (Phi) is 4.26. The van der Waals surface area contributed by atoms with Gasteiger partial charge in [-0.25, -0.2) is 0 Å². The van der Waals surface area contributed by atoms with E-state index in [-0.39, 0.29) is 5.92 Å². The Bertz CT molecular complexity index is 748. The molecule has 0 aliphatic carbocycles. The van der Waals surface area contributed by atoms with Crippen molar-refractivity contribution in [1.82, 2.24) is 0 Å². The summed E-state index contributed by atoms with van der Waals surface area (Å²) in [5.41, 5.74) is 2.72. The van der Waals surface area contributed by atoms with Gasteiger partial charge in [-0.15, -0.1) is 0 Å². The van der Waals surface area contributed by atoms with Crippen molar-refractivity contribution in [3.8, 4) is 6.07 Å². The predicted molar refractivity (Wildman–Crippen MR) is 94.1 cm³/mol. The first-order valence-corrected chi connectivity index (χ1v) is 7.82. The second kappa shape index (κ2) is 6.50. The van der Waals surface area contributed by atoms with Gasteiger partial charge >= 0.3 is 0 Å². The summed E-state index contributed by atoms with van der Waals surface area (Å²) in [5, 5.41) is 10.1. The van der Waals surface area contributed by atoms with Crippen LogP contribution in [-0.4, -0.2) is 0 Å². The van der Waals surface area contributed by atoms with Crippen molar-refractivity contribution in [2.45, 2.75) is 18.3 Å². The van der Waals surface area contributed by atoms with E-state index in [0.717, 1.165) is 16.7 Å². The van der Waals surface area contributed by atoms with Crippen LogP contribution in [0.4, 0.5) is 0 Å². The molecule has 23 heavy (non-hydrogen) atoms. The van der Waals surface area contributed by atoms with E-state index in [1.165, 1.54) is 0 Å². The standard InChI is InChI=1S/C22H19N/c1-22(17-23,20-15-9-4-10-16-20)21(18-11-5-2-6-12-18)19-13-7-3-8-14-19/h2-16,21H,1H3/t22-/m0/s1. The summed E-state index contributed by atoms with van der Waals surface area (Å²) in [7, 11) is 0. The van der Waals surface area contributed by atoms with Gasteiger partial charge in [0.15, 0.2) is 0 Å². The van der Waals surface area contributed by atoms with E-state index in [1.54, 1.807) is 0 Å². The molecule has 0 bridgehead atoms. The Morgan fingerprint density at radius 1 is 0.696 bits per heavy atom. The quantitative estimate of drug-likeness (QED) is 0.641. The molecule has 0 spiro atoms. The highest BCUT2D eigenvalue weighted by Gasteiger charge is 2.38. The number of nitrogens with zero attached hydrogens (tertiary/aromatic N) is 1. The first-order chi connectivity index (χ1) is 11.3. The maximum absolute atomic E-state index is 10.1. The zero-order chi connectivity index (χ0) is 16.1. The molecule has 0 amide bonds. The number of nitriles is 1. The van der Waals surface area contributed by atoms with E-state index in [0.29, 0.717) is 0 Å². The van der Waals surface area contributed by atoms with Gasteiger partial charge in [0.25, 0.3) is 0 Å². The molecule has 0 unspecified atom stereocenters. The molecule has 0 aliphatic rings. The van der Waals surface area contributed by atoms with E-state index in [4.69, 9.17) is 0 Å². The molecule has 0 N–H and O–H groups in total. The van der Waals surface area contributed by atoms with Crippen molar-refractivity contribution in [1.29, 1.82) is 5.26 Å². The fourth-order valence-electron chi connectivity index (χ4n) is 3.23. The molecule has 3 aromatic carbocycles. The van der Waals surface area contributed by atoms with Crippen molar-refractivity contribution < 1.29 is 0 Å². The summed E-state index contributed by atoms with van der Waals surface area (Å²) in [6, 6.07) is 33.3. The molecule has 0 saturated carbocycles. The van der Waals surface area contributed by atoms with Gasteiger partial charge < -0.3 is 0 Å². The molecule has 0 aliphatic heterocycles. The number of benzene rings is 3. The van der Waals surface area contributed by atoms with E-state index in [9.17, 15) is 5.26 Å². The van der Waals surface area contributed by atoms with Gasteiger partial charge in [0.2, 0.25) is 0 Å². The highest BCUT2D eigenvalue weighted by Crippen LogP contribution is 2.42. The lowest BCUT2D eigenvalue weighted by Crippen LogP contribution is -2.29. The van der Waals surface area contributed by atoms with Gasteiger partial charge in [0, 0.05) is 5.92 Å². The van der Waals surface area contributed by atoms with Crippen LogP contribution in [0.25, 0.3) is 0 Å². The van der Waals surface area contributed by atoms with Crippen molar-refractivity contribution in [3.05, 3.63) is 108 Å². The van der Waals surface area contributed by atoms with Crippen LogP contribution in [0.5, 0.6) is 0 Å². The van der Waals surface area contributed by atoms with Crippen LogP contribution in [0.15, 0.2) is 91.0 Å². The average molecular weight is 297 g/mol. The lowest BCUT2D eigenvalue weighted by Gasteiger charge is -2.33. The number of hydrogen-bond donors (Lipinski definition) is 0. The SMILES string of the molecule is C[C@](C#N)(c1ccccc1)C(c1ccccc1)c1ccccc1. The third-order valence-corrected chi connectivity index (χ3v) is 4.45. The third-order valence-electron chi connectivity index (χ3n) is 4.45. The molecule has 0 radical (unpaired) electrons. The molecule has 1 nitrogen and oxygen atoms in total. The Balaban J connectivity index is 2.21. The summed E-state index contributed by atoms with van der Waals surface area (Å²) in [5.74, 6) is -0.0164. The molecule has 112 valence electrons. The summed E-state index contributed by atoms with van der Waals surface area (Å²) in [6.07, 6.45) is 0. The van der Waals surface area contributed by atoms with Crippen molar-refractivity contribution >= 4 is 0 Å². The molecule has 0 fully saturated rings. The minimum Gasteiger partial charge on any atom is -0.197 e. The van der Waals surface area contributed by atoms with Crippen LogP contribution in [0.1, 0.15) is 29.5 Å². The van der Waals surface area contributed by atoms with Crippen molar-refractivity contribution in [2.24, 2.45) is 0 Å². The van der Waals surface area contributed by atoms with Crippen LogP contribution in [0.3, 0.4) is 0 Å². The first kappa shape index (κ1) is 15.1. The van der Waals surface area contributed by atoms with E-state index in [1.807, 2.05) is 73.7 Å². The summed E-state index contributed by atoms with van der Waals surface area (Å²) in [4.78, 5) is 0. The first-order valence-electron chi connectivity index (χ1n) is 7.82. The Morgan fingerprint density at radius 3 is 1.48 bits per heavy atom. The number of rotatable bonds is 4. The Hall–Kier alpha value is -2.85. The molecular formula is C22H19N. The Morgan fingerprint density at radius 2 is 1.09 bits per heavy atom. The maximum Gasteiger partial charge on any atom is 0.0902 e. The molecule has 0 aromatic heterocycles. The largest absolute Gasteiger partial charge is 0.197 e. The summed E-state index contributed by atoms with van der Waals surface area (Å²) >= 11 is 0. The van der Waals surface area contributed by atoms with Gasteiger partial charge in [-0.2, -0.15) is 5.26 Å². The topological polar surface area (TPSA) is 23.8 Å². The molecule has 1 heteroatoms. The lowest BCUT2D eigenvalue weighted by atomic mass is 9.67. The van der Waals surface area contributed by atoms with Crippen LogP contribution < -0.4 is 0 Å². The van der Waals surface area contributed by atoms with Crippen LogP contribution in [0, 0.1) is 11.3 Å². The van der Waals surface area contributed by atoms with E-state index >= 15 is 0 Å². The second-order valence-corrected chi connectivity index (χ2v) is 5.93. The molecule has 0 saturated heterocycles. The summed E-state index contributed by atoms with van der Waals surface area (Å²) in [6.45, 7) is 2.03. The molecule has 3 aromatic rings. The normalized spacial score (nSPS) is 13.3. The smallest absolute Gasteiger partial charge is 0.0902 e.